The summed E-state index contributed by atoms with van der Waals surface area (Å²) in [6.45, 7) is 0.158. The summed E-state index contributed by atoms with van der Waals surface area (Å²) in [5.74, 6) is 1.24. The topological polar surface area (TPSA) is 69.7 Å². The number of nitrogens with zero attached hydrogens (tertiary/aromatic N) is 1. The number of carbonyl (C=O) groups excluding carboxylic acids is 1. The van der Waals surface area contributed by atoms with Gasteiger partial charge in [0.2, 0.25) is 12.0 Å². The van der Waals surface area contributed by atoms with E-state index in [0.29, 0.717) is 23.1 Å². The third-order valence-electron chi connectivity index (χ3n) is 3.02. The van der Waals surface area contributed by atoms with Crippen molar-refractivity contribution in [3.05, 3.63) is 42.6 Å². The third kappa shape index (κ3) is 2.74. The van der Waals surface area contributed by atoms with Gasteiger partial charge in [0, 0.05) is 6.20 Å². The van der Waals surface area contributed by atoms with Crippen molar-refractivity contribution in [3.8, 4) is 17.4 Å². The van der Waals surface area contributed by atoms with Crippen molar-refractivity contribution in [1.29, 1.82) is 0 Å². The number of benzene rings is 1. The van der Waals surface area contributed by atoms with E-state index < -0.39 is 6.10 Å². The maximum Gasteiger partial charge on any atom is 0.269 e. The monoisotopic (exact) mass is 286 g/mol. The summed E-state index contributed by atoms with van der Waals surface area (Å²) in [5, 5.41) is 2.73. The number of hydrogen-bond donors (Lipinski definition) is 1. The number of nitrogens with one attached hydrogen (secondary N) is 1. The molecule has 0 radical (unpaired) electrons. The van der Waals surface area contributed by atoms with Crippen LogP contribution in [-0.4, -0.2) is 30.7 Å². The molecule has 108 valence electrons. The highest BCUT2D eigenvalue weighted by atomic mass is 16.6. The van der Waals surface area contributed by atoms with Gasteiger partial charge in [-0.2, -0.15) is 0 Å². The second kappa shape index (κ2) is 5.70. The summed E-state index contributed by atoms with van der Waals surface area (Å²) in [6, 6.07) is 10.7. The highest BCUT2D eigenvalue weighted by Gasteiger charge is 2.27. The molecule has 6 nitrogen and oxygen atoms in total. The van der Waals surface area contributed by atoms with E-state index in [2.05, 4.69) is 10.3 Å². The largest absolute Gasteiger partial charge is 0.485 e. The Kier molecular flexibility index (Phi) is 3.59. The first kappa shape index (κ1) is 13.2. The number of amides is 1. The summed E-state index contributed by atoms with van der Waals surface area (Å²) in [4.78, 5) is 16.3. The Morgan fingerprint density at radius 1 is 1.29 bits per heavy atom. The highest BCUT2D eigenvalue weighted by molar-refractivity contribution is 5.95. The van der Waals surface area contributed by atoms with Crippen LogP contribution in [0.2, 0.25) is 0 Å². The summed E-state index contributed by atoms with van der Waals surface area (Å²) >= 11 is 0. The van der Waals surface area contributed by atoms with E-state index >= 15 is 0 Å². The lowest BCUT2D eigenvalue weighted by atomic mass is 10.2. The molecule has 1 atom stereocenters. The third-order valence-corrected chi connectivity index (χ3v) is 3.02. The molecule has 1 amide bonds. The molecule has 0 aliphatic carbocycles. The van der Waals surface area contributed by atoms with Gasteiger partial charge in [0.1, 0.15) is 12.3 Å². The van der Waals surface area contributed by atoms with Crippen LogP contribution in [0, 0.1) is 0 Å². The maximum atomic E-state index is 12.2. The minimum atomic E-state index is -0.718. The fraction of sp³-hybridized carbons (Fsp3) is 0.200. The van der Waals surface area contributed by atoms with Crippen molar-refractivity contribution >= 4 is 11.6 Å². The van der Waals surface area contributed by atoms with Gasteiger partial charge in [-0.1, -0.05) is 12.1 Å². The number of pyridine rings is 1. The van der Waals surface area contributed by atoms with Crippen LogP contribution in [0.25, 0.3) is 0 Å². The van der Waals surface area contributed by atoms with Crippen molar-refractivity contribution in [2.45, 2.75) is 6.10 Å². The molecule has 0 saturated carbocycles. The number of fused-ring (bicyclic) bond motifs is 1. The van der Waals surface area contributed by atoms with Crippen LogP contribution >= 0.6 is 0 Å². The molecule has 0 unspecified atom stereocenters. The smallest absolute Gasteiger partial charge is 0.269 e. The van der Waals surface area contributed by atoms with Gasteiger partial charge in [0.15, 0.2) is 11.5 Å². The van der Waals surface area contributed by atoms with Crippen LogP contribution in [0.1, 0.15) is 0 Å². The van der Waals surface area contributed by atoms with Gasteiger partial charge >= 0.3 is 0 Å². The van der Waals surface area contributed by atoms with Gasteiger partial charge in [0.05, 0.1) is 7.11 Å². The molecular weight excluding hydrogens is 272 g/mol. The van der Waals surface area contributed by atoms with Crippen molar-refractivity contribution < 1.29 is 19.0 Å². The Balaban J connectivity index is 1.72. The number of carbonyl (C=O) groups is 1. The molecule has 0 saturated heterocycles. The van der Waals surface area contributed by atoms with E-state index in [0.717, 1.165) is 0 Å². The highest BCUT2D eigenvalue weighted by Crippen LogP contribution is 2.31. The molecule has 21 heavy (non-hydrogen) atoms. The van der Waals surface area contributed by atoms with Gasteiger partial charge < -0.3 is 19.5 Å². The summed E-state index contributed by atoms with van der Waals surface area (Å²) in [6.07, 6.45) is 0.870. The molecule has 2 aromatic rings. The molecule has 1 aromatic carbocycles. The minimum absolute atomic E-state index is 0.158. The lowest BCUT2D eigenvalue weighted by Gasteiger charge is -2.25. The summed E-state index contributed by atoms with van der Waals surface area (Å²) in [5.41, 5.74) is 0.493. The zero-order valence-corrected chi connectivity index (χ0v) is 11.4. The first-order valence-electron chi connectivity index (χ1n) is 6.46. The molecule has 1 N–H and O–H groups in total. The molecule has 2 heterocycles. The molecule has 3 rings (SSSR count). The quantitative estimate of drug-likeness (QED) is 0.932. The zero-order chi connectivity index (χ0) is 14.7. The Labute approximate surface area is 121 Å². The van der Waals surface area contributed by atoms with Crippen LogP contribution < -0.4 is 19.5 Å². The number of methoxy groups -OCH3 is 1. The molecule has 0 fully saturated rings. The van der Waals surface area contributed by atoms with E-state index in [4.69, 9.17) is 14.2 Å². The van der Waals surface area contributed by atoms with Crippen LogP contribution in [0.3, 0.4) is 0 Å². The van der Waals surface area contributed by atoms with Gasteiger partial charge in [-0.15, -0.1) is 0 Å². The molecule has 0 spiro atoms. The average Bonchev–Trinajstić information content (AvgIpc) is 2.55. The second-order valence-corrected chi connectivity index (χ2v) is 4.41. The SMILES string of the molecule is COc1ncccc1NC(=O)[C@H]1COc2ccccc2O1. The van der Waals surface area contributed by atoms with Crippen molar-refractivity contribution in [3.63, 3.8) is 0 Å². The first-order valence-corrected chi connectivity index (χ1v) is 6.46. The Bertz CT molecular complexity index is 660. The maximum absolute atomic E-state index is 12.2. The van der Waals surface area contributed by atoms with Crippen LogP contribution in [0.15, 0.2) is 42.6 Å². The van der Waals surface area contributed by atoms with Gasteiger partial charge in [0.25, 0.3) is 5.91 Å². The number of hydrogen-bond acceptors (Lipinski definition) is 5. The Hall–Kier alpha value is -2.76. The van der Waals surface area contributed by atoms with Crippen molar-refractivity contribution in [2.75, 3.05) is 19.0 Å². The van der Waals surface area contributed by atoms with E-state index in [1.165, 1.54) is 7.11 Å². The standard InChI is InChI=1S/C15H14N2O4/c1-19-15-10(5-4-8-16-15)17-14(18)13-9-20-11-6-2-3-7-12(11)21-13/h2-8,13H,9H2,1H3,(H,17,18)/t13-/m1/s1. The predicted molar refractivity (Wildman–Crippen MR) is 75.8 cm³/mol. The molecule has 1 aromatic heterocycles. The zero-order valence-electron chi connectivity index (χ0n) is 11.4. The number of aromatic nitrogens is 1. The molecule has 1 aliphatic heterocycles. The van der Waals surface area contributed by atoms with E-state index in [9.17, 15) is 4.79 Å². The lowest BCUT2D eigenvalue weighted by molar-refractivity contribution is -0.125. The number of ether oxygens (including phenoxy) is 3. The number of anilines is 1. The lowest BCUT2D eigenvalue weighted by Crippen LogP contribution is -2.40. The van der Waals surface area contributed by atoms with Gasteiger partial charge in [-0.05, 0) is 24.3 Å². The van der Waals surface area contributed by atoms with Gasteiger partial charge in [-0.25, -0.2) is 4.98 Å². The minimum Gasteiger partial charge on any atom is -0.485 e. The van der Waals surface area contributed by atoms with Crippen LogP contribution in [-0.2, 0) is 4.79 Å². The molecular formula is C15H14N2O4. The Morgan fingerprint density at radius 3 is 2.90 bits per heavy atom. The molecule has 1 aliphatic rings. The predicted octanol–water partition coefficient (Wildman–Crippen LogP) is 1.87. The summed E-state index contributed by atoms with van der Waals surface area (Å²) < 4.78 is 16.3. The van der Waals surface area contributed by atoms with Crippen molar-refractivity contribution in [2.24, 2.45) is 0 Å². The molecule has 0 bridgehead atoms. The van der Waals surface area contributed by atoms with E-state index in [-0.39, 0.29) is 12.5 Å². The Morgan fingerprint density at radius 2 is 2.10 bits per heavy atom. The number of rotatable bonds is 3. The van der Waals surface area contributed by atoms with E-state index in [1.807, 2.05) is 12.1 Å². The summed E-state index contributed by atoms with van der Waals surface area (Å²) in [7, 11) is 1.49. The number of para-hydroxylation sites is 2. The molecule has 6 heteroatoms. The average molecular weight is 286 g/mol. The first-order chi connectivity index (χ1) is 10.3. The second-order valence-electron chi connectivity index (χ2n) is 4.41. The van der Waals surface area contributed by atoms with Crippen molar-refractivity contribution in [1.82, 2.24) is 4.98 Å². The fourth-order valence-electron chi connectivity index (χ4n) is 2.01. The van der Waals surface area contributed by atoms with Gasteiger partial charge in [-0.3, -0.25) is 4.79 Å². The fourth-order valence-corrected chi connectivity index (χ4v) is 2.01. The van der Waals surface area contributed by atoms with Crippen LogP contribution in [0.4, 0.5) is 5.69 Å². The van der Waals surface area contributed by atoms with Crippen LogP contribution in [0.5, 0.6) is 17.4 Å². The van der Waals surface area contributed by atoms with E-state index in [1.54, 1.807) is 30.5 Å². The normalized spacial score (nSPS) is 16.1.